The Hall–Kier alpha value is -3.23. The molecule has 0 bridgehead atoms. The van der Waals surface area contributed by atoms with Crippen LogP contribution >= 0.6 is 0 Å². The highest BCUT2D eigenvalue weighted by atomic mass is 19.1. The number of nitrogens with zero attached hydrogens (tertiary/aromatic N) is 5. The van der Waals surface area contributed by atoms with Gasteiger partial charge in [-0.25, -0.2) is 23.4 Å². The van der Waals surface area contributed by atoms with Crippen molar-refractivity contribution in [2.45, 2.75) is 19.8 Å². The summed E-state index contributed by atoms with van der Waals surface area (Å²) in [4.78, 5) is 23.5. The molecule has 0 amide bonds. The molecule has 9 heteroatoms. The highest BCUT2D eigenvalue weighted by Crippen LogP contribution is 2.15. The van der Waals surface area contributed by atoms with Crippen molar-refractivity contribution in [1.82, 2.24) is 24.7 Å². The van der Waals surface area contributed by atoms with E-state index in [-0.39, 0.29) is 18.1 Å². The maximum atomic E-state index is 13.2. The fourth-order valence-electron chi connectivity index (χ4n) is 2.09. The van der Waals surface area contributed by atoms with Crippen molar-refractivity contribution >= 4 is 0 Å². The number of hydrogen-bond acceptors (Lipinski definition) is 6. The Kier molecular flexibility index (Phi) is 4.73. The van der Waals surface area contributed by atoms with Crippen molar-refractivity contribution in [1.29, 1.82) is 0 Å². The van der Waals surface area contributed by atoms with E-state index in [9.17, 15) is 13.6 Å². The summed E-state index contributed by atoms with van der Waals surface area (Å²) in [6, 6.07) is 4.03. The molecule has 0 aliphatic carbocycles. The van der Waals surface area contributed by atoms with E-state index in [1.165, 1.54) is 48.4 Å². The van der Waals surface area contributed by atoms with Gasteiger partial charge in [0, 0.05) is 37.1 Å². The summed E-state index contributed by atoms with van der Waals surface area (Å²) in [6.45, 7) is 1.29. The van der Waals surface area contributed by atoms with Crippen LogP contribution in [0.15, 0.2) is 47.8 Å². The molecule has 0 N–H and O–H groups in total. The normalized spacial score (nSPS) is 12.0. The third kappa shape index (κ3) is 4.19. The molecule has 128 valence electrons. The van der Waals surface area contributed by atoms with Crippen LogP contribution in [0.3, 0.4) is 0 Å². The summed E-state index contributed by atoms with van der Waals surface area (Å²) >= 11 is 0. The van der Waals surface area contributed by atoms with Gasteiger partial charge in [0.1, 0.15) is 5.82 Å². The van der Waals surface area contributed by atoms with E-state index < -0.39 is 12.2 Å². The van der Waals surface area contributed by atoms with E-state index in [1.807, 2.05) is 0 Å². The Morgan fingerprint density at radius 3 is 2.64 bits per heavy atom. The van der Waals surface area contributed by atoms with Gasteiger partial charge >= 0.3 is 6.01 Å². The summed E-state index contributed by atoms with van der Waals surface area (Å²) in [5.74, 6) is -0.493. The van der Waals surface area contributed by atoms with Crippen LogP contribution in [0.25, 0.3) is 11.3 Å². The van der Waals surface area contributed by atoms with Crippen LogP contribution in [-0.4, -0.2) is 31.1 Å². The molecule has 3 rings (SSSR count). The van der Waals surface area contributed by atoms with Crippen molar-refractivity contribution in [3.8, 4) is 17.3 Å². The Balaban J connectivity index is 1.87. The van der Waals surface area contributed by atoms with Gasteiger partial charge < -0.3 is 4.74 Å². The molecule has 25 heavy (non-hydrogen) atoms. The lowest BCUT2D eigenvalue weighted by molar-refractivity contribution is 0.0755. The first-order valence-electron chi connectivity index (χ1n) is 7.32. The molecule has 0 aliphatic rings. The first-order valence-corrected chi connectivity index (χ1v) is 7.32. The van der Waals surface area contributed by atoms with Crippen molar-refractivity contribution in [3.63, 3.8) is 0 Å². The van der Waals surface area contributed by atoms with Crippen molar-refractivity contribution in [2.24, 2.45) is 0 Å². The van der Waals surface area contributed by atoms with Gasteiger partial charge in [0.25, 0.3) is 5.56 Å². The number of rotatable bonds is 5. The second-order valence-corrected chi connectivity index (χ2v) is 5.14. The monoisotopic (exact) mass is 345 g/mol. The van der Waals surface area contributed by atoms with E-state index in [1.54, 1.807) is 0 Å². The van der Waals surface area contributed by atoms with Crippen LogP contribution in [0.1, 0.15) is 12.5 Å². The zero-order valence-corrected chi connectivity index (χ0v) is 13.1. The lowest BCUT2D eigenvalue weighted by Gasteiger charge is -2.08. The summed E-state index contributed by atoms with van der Waals surface area (Å²) < 4.78 is 31.9. The highest BCUT2D eigenvalue weighted by molar-refractivity contribution is 5.55. The predicted molar refractivity (Wildman–Crippen MR) is 84.0 cm³/mol. The summed E-state index contributed by atoms with van der Waals surface area (Å²) in [5, 5.41) is 4.22. The lowest BCUT2D eigenvalue weighted by Crippen LogP contribution is -2.23. The number of ether oxygens (including phenoxy) is 1. The molecule has 3 heterocycles. The molecule has 1 unspecified atom stereocenters. The van der Waals surface area contributed by atoms with Crippen LogP contribution in [0, 0.1) is 5.82 Å². The van der Waals surface area contributed by atoms with Gasteiger partial charge in [0.15, 0.2) is 0 Å². The van der Waals surface area contributed by atoms with Gasteiger partial charge in [-0.1, -0.05) is 0 Å². The molecule has 3 aromatic rings. The topological polar surface area (TPSA) is 82.8 Å². The molecule has 7 nitrogen and oxygen atoms in total. The van der Waals surface area contributed by atoms with Crippen molar-refractivity contribution in [3.05, 3.63) is 64.7 Å². The second-order valence-electron chi connectivity index (χ2n) is 5.14. The molecule has 0 saturated carbocycles. The molecule has 0 aromatic carbocycles. The van der Waals surface area contributed by atoms with Crippen LogP contribution in [-0.2, 0) is 6.54 Å². The van der Waals surface area contributed by atoms with E-state index in [4.69, 9.17) is 4.74 Å². The quantitative estimate of drug-likeness (QED) is 0.703. The predicted octanol–water partition coefficient (Wildman–Crippen LogP) is 1.98. The Morgan fingerprint density at radius 2 is 1.96 bits per heavy atom. The summed E-state index contributed by atoms with van der Waals surface area (Å²) in [7, 11) is 0. The van der Waals surface area contributed by atoms with E-state index in [2.05, 4.69) is 20.1 Å². The van der Waals surface area contributed by atoms with E-state index in [0.29, 0.717) is 16.8 Å². The van der Waals surface area contributed by atoms with Gasteiger partial charge in [-0.2, -0.15) is 5.10 Å². The fraction of sp³-hybridized carbons (Fsp3) is 0.188. The van der Waals surface area contributed by atoms with Crippen molar-refractivity contribution in [2.75, 3.05) is 0 Å². The molecule has 0 spiro atoms. The third-order valence-electron chi connectivity index (χ3n) is 3.15. The lowest BCUT2D eigenvalue weighted by atomic mass is 10.2. The molecular weight excluding hydrogens is 332 g/mol. The molecule has 0 aliphatic heterocycles. The number of halogens is 2. The minimum atomic E-state index is -1.52. The third-order valence-corrected chi connectivity index (χ3v) is 3.15. The fourth-order valence-corrected chi connectivity index (χ4v) is 2.09. The van der Waals surface area contributed by atoms with Gasteiger partial charge in [-0.3, -0.25) is 9.78 Å². The number of aromatic nitrogens is 5. The molecular formula is C16H13F2N5O2. The first-order chi connectivity index (χ1) is 12.0. The Bertz CT molecular complexity index is 928. The Labute approximate surface area is 141 Å². The smallest absolute Gasteiger partial charge is 0.318 e. The van der Waals surface area contributed by atoms with E-state index in [0.717, 1.165) is 6.20 Å². The largest absolute Gasteiger partial charge is 0.429 e. The maximum absolute atomic E-state index is 13.2. The minimum absolute atomic E-state index is 0.0683. The van der Waals surface area contributed by atoms with Crippen LogP contribution in [0.2, 0.25) is 0 Å². The zero-order valence-electron chi connectivity index (χ0n) is 13.1. The average molecular weight is 345 g/mol. The molecule has 1 atom stereocenters. The van der Waals surface area contributed by atoms with Gasteiger partial charge in [-0.05, 0) is 17.7 Å². The van der Waals surface area contributed by atoms with Gasteiger partial charge in [0.05, 0.1) is 18.4 Å². The van der Waals surface area contributed by atoms with E-state index >= 15 is 0 Å². The number of pyridine rings is 1. The standard InChI is InChI=1S/C16H13F2N5O2/c1-10(17)25-16-20-6-12(7-21-16)14-2-3-15(24)23(22-14)9-11-4-13(18)8-19-5-11/h2-8,10H,9H2,1H3. The average Bonchev–Trinajstić information content (AvgIpc) is 2.57. The van der Waals surface area contributed by atoms with Crippen LogP contribution in [0.5, 0.6) is 6.01 Å². The van der Waals surface area contributed by atoms with Gasteiger partial charge in [-0.15, -0.1) is 0 Å². The molecule has 0 saturated heterocycles. The first kappa shape index (κ1) is 16.6. The minimum Gasteiger partial charge on any atom is -0.429 e. The number of alkyl halides is 1. The SMILES string of the molecule is CC(F)Oc1ncc(-c2ccc(=O)n(Cc3cncc(F)c3)n2)cn1. The molecule has 0 radical (unpaired) electrons. The summed E-state index contributed by atoms with van der Waals surface area (Å²) in [6.07, 6.45) is 3.83. The Morgan fingerprint density at radius 1 is 1.20 bits per heavy atom. The van der Waals surface area contributed by atoms with Crippen LogP contribution < -0.4 is 10.3 Å². The van der Waals surface area contributed by atoms with Crippen molar-refractivity contribution < 1.29 is 13.5 Å². The molecule has 0 fully saturated rings. The van der Waals surface area contributed by atoms with Gasteiger partial charge in [0.2, 0.25) is 6.36 Å². The maximum Gasteiger partial charge on any atom is 0.318 e. The zero-order chi connectivity index (χ0) is 17.8. The number of hydrogen-bond donors (Lipinski definition) is 0. The van der Waals surface area contributed by atoms with Crippen LogP contribution in [0.4, 0.5) is 8.78 Å². The molecule has 3 aromatic heterocycles. The second kappa shape index (κ2) is 7.12. The summed E-state index contributed by atoms with van der Waals surface area (Å²) in [5.41, 5.74) is 1.11. The highest BCUT2D eigenvalue weighted by Gasteiger charge is 2.08.